The van der Waals surface area contributed by atoms with Crippen LogP contribution in [0.1, 0.15) is 6.42 Å². The lowest BCUT2D eigenvalue weighted by molar-refractivity contribution is -0.204. The molecule has 0 aromatic heterocycles. The molecule has 1 unspecified atom stereocenters. The van der Waals surface area contributed by atoms with Gasteiger partial charge in [-0.05, 0) is 24.6 Å². The van der Waals surface area contributed by atoms with Crippen LogP contribution in [0.5, 0.6) is 0 Å². The third-order valence-corrected chi connectivity index (χ3v) is 3.26. The van der Waals surface area contributed by atoms with Crippen LogP contribution < -0.4 is 15.5 Å². The van der Waals surface area contributed by atoms with Gasteiger partial charge in [0.15, 0.2) is 6.10 Å². The zero-order valence-electron chi connectivity index (χ0n) is 12.5. The SMILES string of the molecule is O=C(NCCC(O)C(F)(F)F)Nc1cccc(N2CCOC2=O)c1. The van der Waals surface area contributed by atoms with E-state index in [1.165, 1.54) is 11.0 Å². The van der Waals surface area contributed by atoms with Gasteiger partial charge in [0.05, 0.1) is 6.54 Å². The number of aliphatic hydroxyl groups is 1. The maximum absolute atomic E-state index is 12.1. The number of nitrogens with one attached hydrogen (secondary N) is 2. The lowest BCUT2D eigenvalue weighted by atomic mass is 10.2. The Bertz CT molecular complexity index is 609. The fourth-order valence-corrected chi connectivity index (χ4v) is 2.04. The Hall–Kier alpha value is -2.49. The van der Waals surface area contributed by atoms with Gasteiger partial charge < -0.3 is 20.5 Å². The lowest BCUT2D eigenvalue weighted by Gasteiger charge is -2.16. The van der Waals surface area contributed by atoms with Gasteiger partial charge in [0.2, 0.25) is 0 Å². The molecule has 0 radical (unpaired) electrons. The average molecular weight is 347 g/mol. The van der Waals surface area contributed by atoms with Gasteiger partial charge in [-0.15, -0.1) is 0 Å². The number of halogens is 3. The van der Waals surface area contributed by atoms with E-state index in [1.54, 1.807) is 18.2 Å². The zero-order valence-corrected chi connectivity index (χ0v) is 12.5. The molecule has 1 aromatic rings. The Labute approximate surface area is 135 Å². The van der Waals surface area contributed by atoms with Crippen LogP contribution in [0.15, 0.2) is 24.3 Å². The summed E-state index contributed by atoms with van der Waals surface area (Å²) in [6, 6.07) is 5.66. The monoisotopic (exact) mass is 347 g/mol. The van der Waals surface area contributed by atoms with E-state index in [4.69, 9.17) is 9.84 Å². The quantitative estimate of drug-likeness (QED) is 0.761. The van der Waals surface area contributed by atoms with E-state index in [-0.39, 0.29) is 13.2 Å². The summed E-state index contributed by atoms with van der Waals surface area (Å²) in [5, 5.41) is 13.5. The third kappa shape index (κ3) is 4.75. The fourth-order valence-electron chi connectivity index (χ4n) is 2.04. The second kappa shape index (κ2) is 7.39. The van der Waals surface area contributed by atoms with Crippen LogP contribution in [-0.2, 0) is 4.74 Å². The Morgan fingerprint density at radius 2 is 2.17 bits per heavy atom. The standard InChI is InChI=1S/C14H16F3N3O4/c15-14(16,17)11(21)4-5-18-12(22)19-9-2-1-3-10(8-9)20-6-7-24-13(20)23/h1-3,8,11,21H,4-7H2,(H2,18,19,22). The van der Waals surface area contributed by atoms with E-state index in [2.05, 4.69) is 10.6 Å². The molecular weight excluding hydrogens is 331 g/mol. The van der Waals surface area contributed by atoms with E-state index >= 15 is 0 Å². The maximum Gasteiger partial charge on any atom is 0.414 e. The first kappa shape index (κ1) is 17.9. The molecule has 3 amide bonds. The second-order valence-corrected chi connectivity index (χ2v) is 5.04. The van der Waals surface area contributed by atoms with Crippen molar-refractivity contribution in [3.05, 3.63) is 24.3 Å². The van der Waals surface area contributed by atoms with Crippen LogP contribution in [0.2, 0.25) is 0 Å². The zero-order chi connectivity index (χ0) is 17.7. The first-order chi connectivity index (χ1) is 11.3. The summed E-state index contributed by atoms with van der Waals surface area (Å²) in [5.41, 5.74) is 0.892. The van der Waals surface area contributed by atoms with Gasteiger partial charge >= 0.3 is 18.3 Å². The Kier molecular flexibility index (Phi) is 5.50. The molecule has 1 atom stereocenters. The Morgan fingerprint density at radius 1 is 1.42 bits per heavy atom. The number of ether oxygens (including phenoxy) is 1. The number of anilines is 2. The molecule has 24 heavy (non-hydrogen) atoms. The third-order valence-electron chi connectivity index (χ3n) is 3.26. The highest BCUT2D eigenvalue weighted by atomic mass is 19.4. The highest BCUT2D eigenvalue weighted by molar-refractivity contribution is 5.93. The van der Waals surface area contributed by atoms with Crippen molar-refractivity contribution in [3.8, 4) is 0 Å². The van der Waals surface area contributed by atoms with Crippen LogP contribution >= 0.6 is 0 Å². The van der Waals surface area contributed by atoms with Crippen molar-refractivity contribution >= 4 is 23.5 Å². The molecule has 3 N–H and O–H groups in total. The normalized spacial score (nSPS) is 15.8. The summed E-state index contributed by atoms with van der Waals surface area (Å²) < 4.78 is 41.2. The number of amides is 3. The first-order valence-electron chi connectivity index (χ1n) is 7.11. The maximum atomic E-state index is 12.1. The number of cyclic esters (lactones) is 1. The van der Waals surface area contributed by atoms with Crippen molar-refractivity contribution < 1.29 is 32.6 Å². The predicted octanol–water partition coefficient (Wildman–Crippen LogP) is 2.08. The molecule has 0 aliphatic carbocycles. The van der Waals surface area contributed by atoms with Gasteiger partial charge in [-0.3, -0.25) is 4.90 Å². The molecular formula is C14H16F3N3O4. The number of hydrogen-bond donors (Lipinski definition) is 3. The van der Waals surface area contributed by atoms with Gasteiger partial charge in [-0.1, -0.05) is 6.07 Å². The summed E-state index contributed by atoms with van der Waals surface area (Å²) in [4.78, 5) is 24.5. The molecule has 1 saturated heterocycles. The number of carbonyl (C=O) groups is 2. The van der Waals surface area contributed by atoms with E-state index in [0.29, 0.717) is 17.9 Å². The van der Waals surface area contributed by atoms with Gasteiger partial charge in [-0.25, -0.2) is 9.59 Å². The average Bonchev–Trinajstić information content (AvgIpc) is 2.92. The van der Waals surface area contributed by atoms with Crippen LogP contribution in [0, 0.1) is 0 Å². The predicted molar refractivity (Wildman–Crippen MR) is 78.8 cm³/mol. The minimum absolute atomic E-state index is 0.276. The van der Waals surface area contributed by atoms with Crippen molar-refractivity contribution in [3.63, 3.8) is 0 Å². The molecule has 0 bridgehead atoms. The minimum Gasteiger partial charge on any atom is -0.447 e. The summed E-state index contributed by atoms with van der Waals surface area (Å²) in [5.74, 6) is 0. The van der Waals surface area contributed by atoms with Crippen LogP contribution in [0.25, 0.3) is 0 Å². The number of urea groups is 1. The summed E-state index contributed by atoms with van der Waals surface area (Å²) in [6.45, 7) is 0.326. The van der Waals surface area contributed by atoms with Crippen molar-refractivity contribution in [1.82, 2.24) is 5.32 Å². The molecule has 0 saturated carbocycles. The Morgan fingerprint density at radius 3 is 2.79 bits per heavy atom. The highest BCUT2D eigenvalue weighted by Crippen LogP contribution is 2.23. The van der Waals surface area contributed by atoms with Crippen LogP contribution in [-0.4, -0.2) is 49.2 Å². The number of hydrogen-bond acceptors (Lipinski definition) is 4. The van der Waals surface area contributed by atoms with Crippen LogP contribution in [0.3, 0.4) is 0 Å². The molecule has 1 heterocycles. The van der Waals surface area contributed by atoms with Crippen LogP contribution in [0.4, 0.5) is 34.1 Å². The summed E-state index contributed by atoms with van der Waals surface area (Å²) in [6.07, 6.45) is -8.33. The largest absolute Gasteiger partial charge is 0.447 e. The van der Waals surface area contributed by atoms with E-state index in [9.17, 15) is 22.8 Å². The molecule has 7 nitrogen and oxygen atoms in total. The first-order valence-corrected chi connectivity index (χ1v) is 7.11. The highest BCUT2D eigenvalue weighted by Gasteiger charge is 2.37. The van der Waals surface area contributed by atoms with E-state index in [1.807, 2.05) is 0 Å². The summed E-state index contributed by atoms with van der Waals surface area (Å²) >= 11 is 0. The van der Waals surface area contributed by atoms with Gasteiger partial charge in [0.1, 0.15) is 6.61 Å². The van der Waals surface area contributed by atoms with Gasteiger partial charge in [0.25, 0.3) is 0 Å². The molecule has 0 spiro atoms. The molecule has 1 aliphatic rings. The van der Waals surface area contributed by atoms with Gasteiger partial charge in [0, 0.05) is 17.9 Å². The molecule has 10 heteroatoms. The molecule has 1 aromatic carbocycles. The number of alkyl halides is 3. The minimum atomic E-state index is -4.71. The molecule has 2 rings (SSSR count). The number of carbonyl (C=O) groups excluding carboxylic acids is 2. The fraction of sp³-hybridized carbons (Fsp3) is 0.429. The second-order valence-electron chi connectivity index (χ2n) is 5.04. The molecule has 1 fully saturated rings. The molecule has 132 valence electrons. The number of nitrogens with zero attached hydrogens (tertiary/aromatic N) is 1. The summed E-state index contributed by atoms with van der Waals surface area (Å²) in [7, 11) is 0. The van der Waals surface area contributed by atoms with E-state index in [0.717, 1.165) is 0 Å². The topological polar surface area (TPSA) is 90.9 Å². The van der Waals surface area contributed by atoms with Crippen molar-refractivity contribution in [1.29, 1.82) is 0 Å². The lowest BCUT2D eigenvalue weighted by Crippen LogP contribution is -2.35. The number of benzene rings is 1. The van der Waals surface area contributed by atoms with Gasteiger partial charge in [-0.2, -0.15) is 13.2 Å². The smallest absolute Gasteiger partial charge is 0.414 e. The Balaban J connectivity index is 1.85. The van der Waals surface area contributed by atoms with E-state index < -0.39 is 30.8 Å². The number of rotatable bonds is 5. The van der Waals surface area contributed by atoms with Crippen molar-refractivity contribution in [2.45, 2.75) is 18.7 Å². The molecule has 1 aliphatic heterocycles. The van der Waals surface area contributed by atoms with Crippen molar-refractivity contribution in [2.75, 3.05) is 29.9 Å². The number of aliphatic hydroxyl groups excluding tert-OH is 1. The van der Waals surface area contributed by atoms with Crippen molar-refractivity contribution in [2.24, 2.45) is 0 Å².